The van der Waals surface area contributed by atoms with Gasteiger partial charge in [-0.2, -0.15) is 0 Å². The van der Waals surface area contributed by atoms with Crippen molar-refractivity contribution < 1.29 is 14.6 Å². The van der Waals surface area contributed by atoms with E-state index >= 15 is 0 Å². The topological polar surface area (TPSA) is 56.8 Å². The van der Waals surface area contributed by atoms with Crippen LogP contribution in [0.1, 0.15) is 23.0 Å². The van der Waals surface area contributed by atoms with Crippen LogP contribution in [0.25, 0.3) is 0 Å². The molecule has 0 aliphatic rings. The minimum atomic E-state index is -0.713. The van der Waals surface area contributed by atoms with Crippen LogP contribution in [0.2, 0.25) is 0 Å². The summed E-state index contributed by atoms with van der Waals surface area (Å²) in [7, 11) is 0. The Morgan fingerprint density at radius 2 is 1.62 bits per heavy atom. The molecule has 2 aromatic carbocycles. The normalized spacial score (nSPS) is 12.4. The number of rotatable bonds is 7. The third-order valence-corrected chi connectivity index (χ3v) is 3.94. The number of aromatic hydroxyl groups is 1. The predicted octanol–water partition coefficient (Wildman–Crippen LogP) is 3.72. The van der Waals surface area contributed by atoms with Crippen LogP contribution in [0.15, 0.2) is 77.4 Å². The Labute approximate surface area is 141 Å². The summed E-state index contributed by atoms with van der Waals surface area (Å²) in [6.45, 7) is 1.63. The van der Waals surface area contributed by atoms with Gasteiger partial charge < -0.3 is 14.6 Å². The lowest BCUT2D eigenvalue weighted by Crippen LogP contribution is -2.28. The average Bonchev–Trinajstić information content (AvgIpc) is 3.12. The highest BCUT2D eigenvalue weighted by Gasteiger charge is 2.17. The van der Waals surface area contributed by atoms with Gasteiger partial charge in [0.05, 0.1) is 6.26 Å². The molecule has 0 bridgehead atoms. The highest BCUT2D eigenvalue weighted by atomic mass is 16.4. The molecule has 1 aromatic heterocycles. The first-order valence-corrected chi connectivity index (χ1v) is 7.97. The van der Waals surface area contributed by atoms with Gasteiger partial charge in [-0.25, -0.2) is 0 Å². The molecule has 1 atom stereocenters. The maximum atomic E-state index is 10.4. The van der Waals surface area contributed by atoms with E-state index in [-0.39, 0.29) is 5.75 Å². The van der Waals surface area contributed by atoms with Gasteiger partial charge in [-0.1, -0.05) is 48.5 Å². The Morgan fingerprint density at radius 3 is 2.33 bits per heavy atom. The third kappa shape index (κ3) is 4.25. The molecule has 0 saturated carbocycles. The molecule has 24 heavy (non-hydrogen) atoms. The highest BCUT2D eigenvalue weighted by Crippen LogP contribution is 2.22. The first-order valence-electron chi connectivity index (χ1n) is 7.97. The summed E-state index contributed by atoms with van der Waals surface area (Å²) in [5, 5.41) is 20.4. The van der Waals surface area contributed by atoms with Crippen LogP contribution in [0.4, 0.5) is 0 Å². The lowest BCUT2D eigenvalue weighted by atomic mass is 10.1. The zero-order chi connectivity index (χ0) is 16.8. The highest BCUT2D eigenvalue weighted by molar-refractivity contribution is 5.31. The number of furan rings is 1. The first-order chi connectivity index (χ1) is 11.7. The molecule has 3 aromatic rings. The van der Waals surface area contributed by atoms with Gasteiger partial charge in [-0.3, -0.25) is 4.90 Å². The van der Waals surface area contributed by atoms with Crippen molar-refractivity contribution in [2.45, 2.75) is 19.2 Å². The van der Waals surface area contributed by atoms with Crippen molar-refractivity contribution in [2.24, 2.45) is 0 Å². The van der Waals surface area contributed by atoms with Crippen molar-refractivity contribution in [1.29, 1.82) is 0 Å². The van der Waals surface area contributed by atoms with Gasteiger partial charge in [0, 0.05) is 25.2 Å². The Hall–Kier alpha value is -2.56. The van der Waals surface area contributed by atoms with Crippen LogP contribution in [-0.2, 0) is 13.1 Å². The van der Waals surface area contributed by atoms with Crippen LogP contribution in [0, 0.1) is 0 Å². The van der Waals surface area contributed by atoms with Crippen molar-refractivity contribution in [3.63, 3.8) is 0 Å². The summed E-state index contributed by atoms with van der Waals surface area (Å²) in [6, 6.07) is 20.9. The Kier molecular flexibility index (Phi) is 5.31. The molecule has 0 aliphatic carbocycles. The molecule has 1 unspecified atom stereocenters. The second-order valence-electron chi connectivity index (χ2n) is 5.82. The molecule has 124 valence electrons. The van der Waals surface area contributed by atoms with Gasteiger partial charge in [0.15, 0.2) is 0 Å². The van der Waals surface area contributed by atoms with Crippen molar-refractivity contribution in [2.75, 3.05) is 6.54 Å². The van der Waals surface area contributed by atoms with E-state index in [0.717, 1.165) is 11.1 Å². The van der Waals surface area contributed by atoms with E-state index in [1.54, 1.807) is 30.5 Å². The molecule has 0 spiro atoms. The molecular formula is C20H21NO3. The third-order valence-electron chi connectivity index (χ3n) is 3.94. The standard InChI is InChI=1S/C20H21NO3/c22-18-10-5-4-9-17(18)14-21(13-16-7-2-1-3-8-16)15-19(23)20-11-6-12-24-20/h1-12,19,22-23H,13-15H2. The number of hydrogen-bond donors (Lipinski definition) is 2. The Bertz CT molecular complexity index is 741. The van der Waals surface area contributed by atoms with Crippen molar-refractivity contribution >= 4 is 0 Å². The summed E-state index contributed by atoms with van der Waals surface area (Å²) in [5.74, 6) is 0.813. The van der Waals surface area contributed by atoms with E-state index in [0.29, 0.717) is 25.4 Å². The van der Waals surface area contributed by atoms with Gasteiger partial charge in [0.1, 0.15) is 17.6 Å². The number of aliphatic hydroxyl groups excluding tert-OH is 1. The van der Waals surface area contributed by atoms with Gasteiger partial charge in [-0.05, 0) is 23.8 Å². The van der Waals surface area contributed by atoms with Crippen molar-refractivity contribution in [1.82, 2.24) is 4.90 Å². The molecule has 3 rings (SSSR count). The minimum Gasteiger partial charge on any atom is -0.508 e. The molecule has 0 saturated heterocycles. The lowest BCUT2D eigenvalue weighted by Gasteiger charge is -2.25. The number of hydrogen-bond acceptors (Lipinski definition) is 4. The molecular weight excluding hydrogens is 302 g/mol. The van der Waals surface area contributed by atoms with Crippen LogP contribution in [0.5, 0.6) is 5.75 Å². The molecule has 0 fully saturated rings. The first kappa shape index (κ1) is 16.3. The minimum absolute atomic E-state index is 0.267. The van der Waals surface area contributed by atoms with Gasteiger partial charge in [0.25, 0.3) is 0 Å². The van der Waals surface area contributed by atoms with E-state index in [4.69, 9.17) is 4.42 Å². The fourth-order valence-electron chi connectivity index (χ4n) is 2.73. The summed E-state index contributed by atoms with van der Waals surface area (Å²) in [6.07, 6.45) is 0.845. The van der Waals surface area contributed by atoms with E-state index in [2.05, 4.69) is 17.0 Å². The smallest absolute Gasteiger partial charge is 0.133 e. The zero-order valence-corrected chi connectivity index (χ0v) is 13.4. The Balaban J connectivity index is 1.76. The van der Waals surface area contributed by atoms with E-state index < -0.39 is 6.10 Å². The van der Waals surface area contributed by atoms with E-state index in [1.165, 1.54) is 0 Å². The van der Waals surface area contributed by atoms with Crippen molar-refractivity contribution in [3.8, 4) is 5.75 Å². The molecule has 1 heterocycles. The summed E-state index contributed by atoms with van der Waals surface area (Å²) >= 11 is 0. The van der Waals surface area contributed by atoms with Crippen LogP contribution in [0.3, 0.4) is 0 Å². The summed E-state index contributed by atoms with van der Waals surface area (Å²) in [5.41, 5.74) is 1.99. The number of aliphatic hydroxyl groups is 1. The number of nitrogens with zero attached hydrogens (tertiary/aromatic N) is 1. The molecule has 0 radical (unpaired) electrons. The van der Waals surface area contributed by atoms with Gasteiger partial charge in [-0.15, -0.1) is 0 Å². The summed E-state index contributed by atoms with van der Waals surface area (Å²) < 4.78 is 5.29. The van der Waals surface area contributed by atoms with E-state index in [9.17, 15) is 10.2 Å². The number of phenols is 1. The Morgan fingerprint density at radius 1 is 0.875 bits per heavy atom. The number of phenolic OH excluding ortho intramolecular Hbond substituents is 1. The molecule has 0 amide bonds. The monoisotopic (exact) mass is 323 g/mol. The fourth-order valence-corrected chi connectivity index (χ4v) is 2.73. The molecule has 2 N–H and O–H groups in total. The average molecular weight is 323 g/mol. The van der Waals surface area contributed by atoms with Crippen LogP contribution >= 0.6 is 0 Å². The lowest BCUT2D eigenvalue weighted by molar-refractivity contribution is 0.0869. The van der Waals surface area contributed by atoms with Crippen LogP contribution in [-0.4, -0.2) is 21.7 Å². The fraction of sp³-hybridized carbons (Fsp3) is 0.200. The maximum absolute atomic E-state index is 10.4. The van der Waals surface area contributed by atoms with Gasteiger partial charge >= 0.3 is 0 Å². The zero-order valence-electron chi connectivity index (χ0n) is 13.4. The second-order valence-corrected chi connectivity index (χ2v) is 5.82. The largest absolute Gasteiger partial charge is 0.508 e. The van der Waals surface area contributed by atoms with Gasteiger partial charge in [0.2, 0.25) is 0 Å². The number of benzene rings is 2. The van der Waals surface area contributed by atoms with Crippen molar-refractivity contribution in [3.05, 3.63) is 89.9 Å². The van der Waals surface area contributed by atoms with Crippen LogP contribution < -0.4 is 0 Å². The second kappa shape index (κ2) is 7.81. The maximum Gasteiger partial charge on any atom is 0.133 e. The number of para-hydroxylation sites is 1. The quantitative estimate of drug-likeness (QED) is 0.696. The SMILES string of the molecule is Oc1ccccc1CN(Cc1ccccc1)CC(O)c1ccco1. The van der Waals surface area contributed by atoms with E-state index in [1.807, 2.05) is 30.3 Å². The predicted molar refractivity (Wildman–Crippen MR) is 92.3 cm³/mol. The molecule has 4 heteroatoms. The molecule has 0 aliphatic heterocycles. The summed E-state index contributed by atoms with van der Waals surface area (Å²) in [4.78, 5) is 2.09. The molecule has 4 nitrogen and oxygen atoms in total.